The SMILES string of the molecule is O=C(NC1CCN(C(=O)CCCN2C(=O)c3ccccc3C2=O)CC1)c1ccco1. The standard InChI is InChI=1S/C22H23N3O5/c26-19(8-3-11-25-21(28)16-5-1-2-6-17(16)22(25)29)24-12-9-15(10-13-24)23-20(27)18-7-4-14-30-18/h1-2,4-7,14-15H,3,8-13H2,(H,23,27). The van der Waals surface area contributed by atoms with Crippen LogP contribution in [0.5, 0.6) is 0 Å². The summed E-state index contributed by atoms with van der Waals surface area (Å²) in [6.07, 6.45) is 3.52. The second kappa shape index (κ2) is 8.52. The first-order chi connectivity index (χ1) is 14.5. The van der Waals surface area contributed by atoms with Gasteiger partial charge >= 0.3 is 0 Å². The number of nitrogens with one attached hydrogen (secondary N) is 1. The Morgan fingerprint density at radius 3 is 2.27 bits per heavy atom. The van der Waals surface area contributed by atoms with Crippen molar-refractivity contribution in [3.63, 3.8) is 0 Å². The predicted octanol–water partition coefficient (Wildman–Crippen LogP) is 2.08. The van der Waals surface area contributed by atoms with E-state index >= 15 is 0 Å². The number of hydrogen-bond acceptors (Lipinski definition) is 5. The zero-order valence-electron chi connectivity index (χ0n) is 16.5. The number of benzene rings is 1. The maximum atomic E-state index is 12.5. The Kier molecular flexibility index (Phi) is 5.65. The first kappa shape index (κ1) is 19.9. The van der Waals surface area contributed by atoms with Crippen LogP contribution in [0.3, 0.4) is 0 Å². The van der Waals surface area contributed by atoms with Crippen LogP contribution in [0.4, 0.5) is 0 Å². The molecule has 1 aromatic heterocycles. The number of fused-ring (bicyclic) bond motifs is 1. The zero-order chi connectivity index (χ0) is 21.1. The van der Waals surface area contributed by atoms with Crippen molar-refractivity contribution in [1.82, 2.24) is 15.1 Å². The summed E-state index contributed by atoms with van der Waals surface area (Å²) < 4.78 is 5.09. The maximum Gasteiger partial charge on any atom is 0.287 e. The van der Waals surface area contributed by atoms with Crippen LogP contribution in [0.2, 0.25) is 0 Å². The Bertz CT molecular complexity index is 926. The molecule has 1 N–H and O–H groups in total. The van der Waals surface area contributed by atoms with Gasteiger partial charge in [0, 0.05) is 32.1 Å². The van der Waals surface area contributed by atoms with Gasteiger partial charge < -0.3 is 14.6 Å². The predicted molar refractivity (Wildman–Crippen MR) is 107 cm³/mol. The van der Waals surface area contributed by atoms with Crippen LogP contribution in [0.1, 0.15) is 57.0 Å². The normalized spacial score (nSPS) is 16.7. The Morgan fingerprint density at radius 1 is 1.00 bits per heavy atom. The average Bonchev–Trinajstić information content (AvgIpc) is 3.38. The summed E-state index contributed by atoms with van der Waals surface area (Å²) in [6, 6.07) is 10.0. The van der Waals surface area contributed by atoms with E-state index in [1.807, 2.05) is 0 Å². The lowest BCUT2D eigenvalue weighted by Crippen LogP contribution is -2.46. The fraction of sp³-hybridized carbons (Fsp3) is 0.364. The highest BCUT2D eigenvalue weighted by Crippen LogP contribution is 2.23. The zero-order valence-corrected chi connectivity index (χ0v) is 16.5. The molecule has 30 heavy (non-hydrogen) atoms. The molecular weight excluding hydrogens is 386 g/mol. The number of furan rings is 1. The lowest BCUT2D eigenvalue weighted by Gasteiger charge is -2.32. The van der Waals surface area contributed by atoms with Gasteiger partial charge in [-0.15, -0.1) is 0 Å². The lowest BCUT2D eigenvalue weighted by molar-refractivity contribution is -0.132. The van der Waals surface area contributed by atoms with Gasteiger partial charge in [-0.3, -0.25) is 24.1 Å². The largest absolute Gasteiger partial charge is 0.459 e. The Hall–Kier alpha value is -3.42. The van der Waals surface area contributed by atoms with Gasteiger partial charge in [0.05, 0.1) is 17.4 Å². The van der Waals surface area contributed by atoms with Gasteiger partial charge in [-0.2, -0.15) is 0 Å². The van der Waals surface area contributed by atoms with Crippen LogP contribution in [0.15, 0.2) is 47.1 Å². The molecule has 0 aliphatic carbocycles. The first-order valence-electron chi connectivity index (χ1n) is 10.1. The molecule has 0 spiro atoms. The minimum Gasteiger partial charge on any atom is -0.459 e. The molecule has 1 saturated heterocycles. The van der Waals surface area contributed by atoms with Crippen molar-refractivity contribution in [1.29, 1.82) is 0 Å². The molecule has 0 unspecified atom stereocenters. The monoisotopic (exact) mass is 409 g/mol. The number of nitrogens with zero attached hydrogens (tertiary/aromatic N) is 2. The number of carbonyl (C=O) groups is 4. The molecule has 8 heteroatoms. The van der Waals surface area contributed by atoms with Gasteiger partial charge in [-0.1, -0.05) is 12.1 Å². The van der Waals surface area contributed by atoms with Gasteiger partial charge in [0.15, 0.2) is 5.76 Å². The molecule has 1 fully saturated rings. The highest BCUT2D eigenvalue weighted by Gasteiger charge is 2.34. The molecule has 2 aliphatic rings. The van der Waals surface area contributed by atoms with Gasteiger partial charge in [-0.05, 0) is 43.5 Å². The molecule has 3 heterocycles. The van der Waals surface area contributed by atoms with E-state index in [4.69, 9.17) is 4.42 Å². The van der Waals surface area contributed by atoms with E-state index in [9.17, 15) is 19.2 Å². The maximum absolute atomic E-state index is 12.5. The minimum atomic E-state index is -0.295. The summed E-state index contributed by atoms with van der Waals surface area (Å²) in [5.74, 6) is -0.554. The van der Waals surface area contributed by atoms with Crippen LogP contribution in [0, 0.1) is 0 Å². The number of carbonyl (C=O) groups excluding carboxylic acids is 4. The molecule has 2 aliphatic heterocycles. The second-order valence-corrected chi connectivity index (χ2v) is 7.52. The van der Waals surface area contributed by atoms with E-state index in [0.29, 0.717) is 43.5 Å². The smallest absolute Gasteiger partial charge is 0.287 e. The number of hydrogen-bond donors (Lipinski definition) is 1. The van der Waals surface area contributed by atoms with Crippen LogP contribution in [0.25, 0.3) is 0 Å². The van der Waals surface area contributed by atoms with E-state index in [1.165, 1.54) is 11.2 Å². The number of imide groups is 1. The molecule has 2 aromatic rings. The third-order valence-corrected chi connectivity index (χ3v) is 5.58. The lowest BCUT2D eigenvalue weighted by atomic mass is 10.0. The molecule has 0 radical (unpaired) electrons. The van der Waals surface area contributed by atoms with E-state index in [-0.39, 0.29) is 48.4 Å². The van der Waals surface area contributed by atoms with Crippen molar-refractivity contribution in [3.05, 3.63) is 59.5 Å². The van der Waals surface area contributed by atoms with Crippen LogP contribution < -0.4 is 5.32 Å². The highest BCUT2D eigenvalue weighted by molar-refractivity contribution is 6.21. The van der Waals surface area contributed by atoms with Crippen molar-refractivity contribution in [3.8, 4) is 0 Å². The fourth-order valence-electron chi connectivity index (χ4n) is 3.93. The third-order valence-electron chi connectivity index (χ3n) is 5.58. The van der Waals surface area contributed by atoms with E-state index in [1.54, 1.807) is 41.3 Å². The summed E-state index contributed by atoms with van der Waals surface area (Å²) in [6.45, 7) is 1.36. The van der Waals surface area contributed by atoms with Gasteiger partial charge in [0.2, 0.25) is 5.91 Å². The van der Waals surface area contributed by atoms with Gasteiger partial charge in [0.25, 0.3) is 17.7 Å². The summed E-state index contributed by atoms with van der Waals surface area (Å²) >= 11 is 0. The third kappa shape index (κ3) is 3.98. The summed E-state index contributed by atoms with van der Waals surface area (Å²) in [5, 5.41) is 2.93. The van der Waals surface area contributed by atoms with E-state index in [0.717, 1.165) is 0 Å². The summed E-state index contributed by atoms with van der Waals surface area (Å²) in [4.78, 5) is 52.3. The molecule has 0 bridgehead atoms. The number of piperidine rings is 1. The van der Waals surface area contributed by atoms with Gasteiger partial charge in [0.1, 0.15) is 0 Å². The highest BCUT2D eigenvalue weighted by atomic mass is 16.3. The molecule has 8 nitrogen and oxygen atoms in total. The number of likely N-dealkylation sites (tertiary alicyclic amines) is 1. The van der Waals surface area contributed by atoms with Gasteiger partial charge in [-0.25, -0.2) is 0 Å². The van der Waals surface area contributed by atoms with Crippen LogP contribution >= 0.6 is 0 Å². The van der Waals surface area contributed by atoms with Crippen molar-refractivity contribution in [2.75, 3.05) is 19.6 Å². The van der Waals surface area contributed by atoms with Crippen molar-refractivity contribution >= 4 is 23.6 Å². The minimum absolute atomic E-state index is 0.00224. The number of amides is 4. The molecule has 0 saturated carbocycles. The number of rotatable bonds is 6. The Morgan fingerprint density at radius 2 is 1.67 bits per heavy atom. The molecule has 4 rings (SSSR count). The first-order valence-corrected chi connectivity index (χ1v) is 10.1. The van der Waals surface area contributed by atoms with Crippen molar-refractivity contribution in [2.45, 2.75) is 31.7 Å². The molecule has 156 valence electrons. The average molecular weight is 409 g/mol. The molecular formula is C22H23N3O5. The summed E-state index contributed by atoms with van der Waals surface area (Å²) in [5.41, 5.74) is 0.847. The second-order valence-electron chi connectivity index (χ2n) is 7.52. The van der Waals surface area contributed by atoms with Crippen molar-refractivity contribution in [2.24, 2.45) is 0 Å². The molecule has 0 atom stereocenters. The van der Waals surface area contributed by atoms with Crippen molar-refractivity contribution < 1.29 is 23.6 Å². The van der Waals surface area contributed by atoms with E-state index in [2.05, 4.69) is 5.32 Å². The van der Waals surface area contributed by atoms with Crippen LogP contribution in [-0.4, -0.2) is 59.1 Å². The summed E-state index contributed by atoms with van der Waals surface area (Å²) in [7, 11) is 0. The molecule has 4 amide bonds. The quantitative estimate of drug-likeness (QED) is 0.737. The topological polar surface area (TPSA) is 99.9 Å². The van der Waals surface area contributed by atoms with Crippen LogP contribution in [-0.2, 0) is 4.79 Å². The van der Waals surface area contributed by atoms with E-state index < -0.39 is 0 Å². The molecule has 1 aromatic carbocycles. The fourth-order valence-corrected chi connectivity index (χ4v) is 3.93. The Balaban J connectivity index is 1.20. The Labute approximate surface area is 173 Å².